The van der Waals surface area contributed by atoms with Crippen LogP contribution in [0.3, 0.4) is 0 Å². The van der Waals surface area contributed by atoms with Gasteiger partial charge in [-0.05, 0) is 5.56 Å². The monoisotopic (exact) mass is 396 g/mol. The molecule has 0 amide bonds. The molecule has 0 radical (unpaired) electrons. The summed E-state index contributed by atoms with van der Waals surface area (Å²) in [6.45, 7) is 0.476. The maximum Gasteiger partial charge on any atom is 0.471 e. The molecule has 148 valence electrons. The largest absolute Gasteiger partial charge is 0.471 e. The molecule has 0 unspecified atom stereocenters. The second-order valence-corrected chi connectivity index (χ2v) is 5.73. The van der Waals surface area contributed by atoms with Gasteiger partial charge in [0.15, 0.2) is 0 Å². The molecule has 0 spiro atoms. The van der Waals surface area contributed by atoms with Gasteiger partial charge in [-0.2, -0.15) is 23.3 Å². The van der Waals surface area contributed by atoms with Crippen molar-refractivity contribution in [3.63, 3.8) is 0 Å². The third kappa shape index (κ3) is 4.19. The maximum absolute atomic E-state index is 12.5. The van der Waals surface area contributed by atoms with E-state index in [1.807, 2.05) is 0 Å². The molecule has 0 N–H and O–H groups in total. The Hall–Kier alpha value is -3.21. The van der Waals surface area contributed by atoms with Crippen LogP contribution in [0.25, 0.3) is 11.4 Å². The van der Waals surface area contributed by atoms with Crippen molar-refractivity contribution >= 4 is 5.97 Å². The van der Waals surface area contributed by atoms with Crippen molar-refractivity contribution in [2.45, 2.75) is 19.3 Å². The zero-order valence-corrected chi connectivity index (χ0v) is 14.9. The first kappa shape index (κ1) is 19.5. The maximum atomic E-state index is 12.5. The molecule has 0 saturated carbocycles. The van der Waals surface area contributed by atoms with Gasteiger partial charge < -0.3 is 14.0 Å². The van der Waals surface area contributed by atoms with Crippen LogP contribution in [0.15, 0.2) is 35.0 Å². The van der Waals surface area contributed by atoms with E-state index in [4.69, 9.17) is 9.47 Å². The van der Waals surface area contributed by atoms with Crippen LogP contribution in [0.2, 0.25) is 0 Å². The summed E-state index contributed by atoms with van der Waals surface area (Å²) in [6, 6.07) is 6.52. The minimum Gasteiger partial charge on any atom is -0.465 e. The van der Waals surface area contributed by atoms with Gasteiger partial charge in [-0.25, -0.2) is 4.79 Å². The summed E-state index contributed by atoms with van der Waals surface area (Å²) in [5.41, 5.74) is 1.91. The molecule has 0 aliphatic heterocycles. The fraction of sp³-hybridized carbons (Fsp3) is 0.294. The van der Waals surface area contributed by atoms with E-state index >= 15 is 0 Å². The zero-order valence-electron chi connectivity index (χ0n) is 14.9. The molecule has 0 fully saturated rings. The van der Waals surface area contributed by atoms with E-state index in [-0.39, 0.29) is 12.4 Å². The molecular weight excluding hydrogens is 381 g/mol. The number of methoxy groups -OCH3 is 2. The summed E-state index contributed by atoms with van der Waals surface area (Å²) in [6.07, 6.45) is -3.15. The molecule has 0 saturated heterocycles. The number of alkyl halides is 3. The van der Waals surface area contributed by atoms with E-state index in [0.717, 1.165) is 5.56 Å². The summed E-state index contributed by atoms with van der Waals surface area (Å²) in [5, 5.41) is 7.64. The molecule has 0 aliphatic rings. The van der Waals surface area contributed by atoms with Gasteiger partial charge in [0.1, 0.15) is 11.3 Å². The molecule has 11 heteroatoms. The molecular formula is C17H15F3N4O4. The summed E-state index contributed by atoms with van der Waals surface area (Å²) in [5.74, 6) is -2.08. The molecule has 1 aromatic carbocycles. The Kier molecular flexibility index (Phi) is 5.45. The van der Waals surface area contributed by atoms with Crippen molar-refractivity contribution in [2.24, 2.45) is 0 Å². The fourth-order valence-corrected chi connectivity index (χ4v) is 2.47. The third-order valence-corrected chi connectivity index (χ3v) is 3.75. The Balaban J connectivity index is 1.77. The van der Waals surface area contributed by atoms with Crippen LogP contribution in [0.4, 0.5) is 13.2 Å². The average molecular weight is 396 g/mol. The Bertz CT molecular complexity index is 964. The van der Waals surface area contributed by atoms with Crippen molar-refractivity contribution in [1.82, 2.24) is 19.9 Å². The van der Waals surface area contributed by atoms with Gasteiger partial charge in [-0.15, -0.1) is 0 Å². The van der Waals surface area contributed by atoms with Crippen molar-refractivity contribution in [3.8, 4) is 11.4 Å². The number of nitrogens with zero attached hydrogens (tertiary/aromatic N) is 4. The first-order chi connectivity index (χ1) is 13.3. The lowest BCUT2D eigenvalue weighted by molar-refractivity contribution is -0.159. The lowest BCUT2D eigenvalue weighted by Crippen LogP contribution is -2.04. The average Bonchev–Trinajstić information content (AvgIpc) is 3.29. The van der Waals surface area contributed by atoms with E-state index in [1.54, 1.807) is 35.1 Å². The van der Waals surface area contributed by atoms with E-state index < -0.39 is 18.0 Å². The molecule has 0 atom stereocenters. The molecule has 2 aromatic heterocycles. The molecule has 3 aromatic rings. The summed E-state index contributed by atoms with van der Waals surface area (Å²) < 4.78 is 53.2. The van der Waals surface area contributed by atoms with Crippen LogP contribution in [-0.4, -0.2) is 40.1 Å². The second kappa shape index (κ2) is 7.80. The first-order valence-electron chi connectivity index (χ1n) is 7.95. The number of aromatic nitrogens is 4. The van der Waals surface area contributed by atoms with Crippen LogP contribution in [0.1, 0.15) is 27.5 Å². The number of carbonyl (C=O) groups is 1. The highest BCUT2D eigenvalue weighted by atomic mass is 19.4. The first-order valence-corrected chi connectivity index (χ1v) is 7.95. The normalized spacial score (nSPS) is 11.6. The molecule has 2 heterocycles. The van der Waals surface area contributed by atoms with Crippen LogP contribution >= 0.6 is 0 Å². The molecule has 28 heavy (non-hydrogen) atoms. The number of esters is 1. The van der Waals surface area contributed by atoms with Crippen LogP contribution in [0.5, 0.6) is 0 Å². The van der Waals surface area contributed by atoms with Crippen molar-refractivity contribution < 1.29 is 32.0 Å². The van der Waals surface area contributed by atoms with E-state index in [0.29, 0.717) is 23.4 Å². The SMILES string of the molecule is COCc1nn(Cc2ccc(-c3noc(C(F)(F)F)n3)cc2)cc1C(=O)OC. The molecule has 3 rings (SSSR count). The number of rotatable bonds is 6. The highest BCUT2D eigenvalue weighted by Crippen LogP contribution is 2.29. The summed E-state index contributed by atoms with van der Waals surface area (Å²) >= 11 is 0. The molecule has 0 aliphatic carbocycles. The molecule has 8 nitrogen and oxygen atoms in total. The van der Waals surface area contributed by atoms with Gasteiger partial charge in [0.05, 0.1) is 20.3 Å². The predicted molar refractivity (Wildman–Crippen MR) is 88.1 cm³/mol. The Labute approximate surface area is 156 Å². The standard InChI is InChI=1S/C17H15F3N4O4/c1-26-9-13-12(15(25)27-2)8-24(22-13)7-10-3-5-11(6-4-10)14-21-16(28-23-14)17(18,19)20/h3-6,8H,7,9H2,1-2H3. The van der Waals surface area contributed by atoms with Crippen molar-refractivity contribution in [1.29, 1.82) is 0 Å². The minimum absolute atomic E-state index is 0.149. The number of ether oxygens (including phenoxy) is 2. The van der Waals surface area contributed by atoms with Gasteiger partial charge in [-0.3, -0.25) is 4.68 Å². The quantitative estimate of drug-likeness (QED) is 0.592. The Morgan fingerprint density at radius 1 is 1.21 bits per heavy atom. The smallest absolute Gasteiger partial charge is 0.465 e. The number of benzene rings is 1. The van der Waals surface area contributed by atoms with E-state index in [9.17, 15) is 18.0 Å². The van der Waals surface area contributed by atoms with Gasteiger partial charge in [-0.1, -0.05) is 29.4 Å². The number of halogens is 3. The van der Waals surface area contributed by atoms with Gasteiger partial charge in [0.25, 0.3) is 0 Å². The van der Waals surface area contributed by atoms with Gasteiger partial charge in [0, 0.05) is 18.9 Å². The van der Waals surface area contributed by atoms with Gasteiger partial charge >= 0.3 is 18.0 Å². The zero-order chi connectivity index (χ0) is 20.3. The number of carbonyl (C=O) groups excluding carboxylic acids is 1. The lowest BCUT2D eigenvalue weighted by Gasteiger charge is -2.03. The number of hydrogen-bond acceptors (Lipinski definition) is 7. The Morgan fingerprint density at radius 3 is 2.50 bits per heavy atom. The van der Waals surface area contributed by atoms with Crippen molar-refractivity contribution in [3.05, 3.63) is 53.2 Å². The van der Waals surface area contributed by atoms with Crippen molar-refractivity contribution in [2.75, 3.05) is 14.2 Å². The van der Waals surface area contributed by atoms with Crippen LogP contribution in [-0.2, 0) is 28.8 Å². The Morgan fingerprint density at radius 2 is 1.93 bits per heavy atom. The highest BCUT2D eigenvalue weighted by molar-refractivity contribution is 5.90. The van der Waals surface area contributed by atoms with Gasteiger partial charge in [0.2, 0.25) is 5.82 Å². The highest BCUT2D eigenvalue weighted by Gasteiger charge is 2.38. The predicted octanol–water partition coefficient (Wildman–Crippen LogP) is 2.93. The lowest BCUT2D eigenvalue weighted by atomic mass is 10.1. The summed E-state index contributed by atoms with van der Waals surface area (Å²) in [7, 11) is 2.76. The molecule has 0 bridgehead atoms. The second-order valence-electron chi connectivity index (χ2n) is 5.73. The third-order valence-electron chi connectivity index (χ3n) is 3.75. The fourth-order valence-electron chi connectivity index (χ4n) is 2.47. The minimum atomic E-state index is -4.69. The van der Waals surface area contributed by atoms with E-state index in [2.05, 4.69) is 19.8 Å². The van der Waals surface area contributed by atoms with Crippen LogP contribution < -0.4 is 0 Å². The topological polar surface area (TPSA) is 92.3 Å². The summed E-state index contributed by atoms with van der Waals surface area (Å²) in [4.78, 5) is 15.2. The van der Waals surface area contributed by atoms with Crippen LogP contribution in [0, 0.1) is 0 Å². The van der Waals surface area contributed by atoms with E-state index in [1.165, 1.54) is 14.2 Å². The number of hydrogen-bond donors (Lipinski definition) is 0.